The van der Waals surface area contributed by atoms with Crippen molar-refractivity contribution in [2.45, 2.75) is 111 Å². The molecule has 162 valence electrons. The number of carbonyl (C=O) groups excluding carboxylic acids is 1. The molecule has 0 aliphatic rings. The lowest BCUT2D eigenvalue weighted by molar-refractivity contribution is -0.149. The van der Waals surface area contributed by atoms with Gasteiger partial charge in [-0.2, -0.15) is 0 Å². The predicted octanol–water partition coefficient (Wildman–Crippen LogP) is 5.64. The molecule has 0 saturated carbocycles. The summed E-state index contributed by atoms with van der Waals surface area (Å²) in [5.41, 5.74) is -0.732. The van der Waals surface area contributed by atoms with E-state index in [4.69, 9.17) is 14.9 Å². The van der Waals surface area contributed by atoms with Gasteiger partial charge in [0.2, 0.25) is 0 Å². The molecule has 0 saturated heterocycles. The van der Waals surface area contributed by atoms with Crippen molar-refractivity contribution >= 4 is 5.97 Å². The second-order valence-corrected chi connectivity index (χ2v) is 8.96. The Hall–Kier alpha value is -0.610. The zero-order valence-corrected chi connectivity index (χ0v) is 18.3. The van der Waals surface area contributed by atoms with Crippen molar-refractivity contribution in [3.05, 3.63) is 0 Å². The van der Waals surface area contributed by atoms with Gasteiger partial charge < -0.3 is 14.9 Å². The van der Waals surface area contributed by atoms with Crippen LogP contribution < -0.4 is 0 Å². The number of aliphatic hydroxyl groups is 2. The molecule has 0 amide bonds. The molecule has 0 spiro atoms. The zero-order valence-electron chi connectivity index (χ0n) is 18.3. The van der Waals surface area contributed by atoms with Crippen molar-refractivity contribution in [2.75, 3.05) is 19.8 Å². The molecular weight excluding hydrogens is 340 g/mol. The molecule has 0 radical (unpaired) electrons. The van der Waals surface area contributed by atoms with Gasteiger partial charge in [0.25, 0.3) is 0 Å². The van der Waals surface area contributed by atoms with Crippen molar-refractivity contribution in [3.63, 3.8) is 0 Å². The van der Waals surface area contributed by atoms with Gasteiger partial charge in [0, 0.05) is 11.8 Å². The molecule has 2 N–H and O–H groups in total. The second kappa shape index (κ2) is 17.5. The fourth-order valence-electron chi connectivity index (χ4n) is 3.06. The molecule has 4 nitrogen and oxygen atoms in total. The van der Waals surface area contributed by atoms with Crippen LogP contribution in [0.3, 0.4) is 0 Å². The van der Waals surface area contributed by atoms with E-state index in [2.05, 4.69) is 13.8 Å². The first kappa shape index (κ1) is 26.4. The third-order valence-electron chi connectivity index (χ3n) is 5.26. The summed E-state index contributed by atoms with van der Waals surface area (Å²) in [6, 6.07) is 0. The van der Waals surface area contributed by atoms with Crippen LogP contribution in [0.4, 0.5) is 0 Å². The maximum atomic E-state index is 11.7. The Kier molecular flexibility index (Phi) is 17.1. The molecular formula is C23H46O4. The van der Waals surface area contributed by atoms with E-state index in [0.29, 0.717) is 6.42 Å². The number of hydrogen-bond donors (Lipinski definition) is 2. The van der Waals surface area contributed by atoms with E-state index in [-0.39, 0.29) is 25.8 Å². The molecule has 0 aromatic carbocycles. The van der Waals surface area contributed by atoms with Crippen molar-refractivity contribution in [2.24, 2.45) is 11.3 Å². The Labute approximate surface area is 168 Å². The SMILES string of the molecule is CC(C)CCCCCCCCCCCCCCC(=O)OCC(C)(CO)CO. The van der Waals surface area contributed by atoms with Gasteiger partial charge in [-0.15, -0.1) is 0 Å². The Morgan fingerprint density at radius 3 is 1.59 bits per heavy atom. The van der Waals surface area contributed by atoms with E-state index >= 15 is 0 Å². The minimum Gasteiger partial charge on any atom is -0.465 e. The molecule has 0 aromatic heterocycles. The van der Waals surface area contributed by atoms with Crippen LogP contribution in [-0.4, -0.2) is 36.0 Å². The van der Waals surface area contributed by atoms with Gasteiger partial charge in [0.15, 0.2) is 0 Å². The molecule has 0 atom stereocenters. The number of unbranched alkanes of at least 4 members (excludes halogenated alkanes) is 11. The number of aliphatic hydroxyl groups excluding tert-OH is 2. The number of carbonyl (C=O) groups is 1. The fraction of sp³-hybridized carbons (Fsp3) is 0.957. The summed E-state index contributed by atoms with van der Waals surface area (Å²) in [6.07, 6.45) is 17.2. The average Bonchev–Trinajstić information content (AvgIpc) is 2.66. The summed E-state index contributed by atoms with van der Waals surface area (Å²) in [4.78, 5) is 11.7. The number of ether oxygens (including phenoxy) is 1. The van der Waals surface area contributed by atoms with Gasteiger partial charge in [-0.1, -0.05) is 97.8 Å². The van der Waals surface area contributed by atoms with Gasteiger partial charge in [-0.25, -0.2) is 0 Å². The lowest BCUT2D eigenvalue weighted by atomic mass is 9.94. The first-order chi connectivity index (χ1) is 12.9. The van der Waals surface area contributed by atoms with Crippen LogP contribution in [0.25, 0.3) is 0 Å². The third-order valence-corrected chi connectivity index (χ3v) is 5.26. The van der Waals surface area contributed by atoms with Gasteiger partial charge in [0.05, 0.1) is 13.2 Å². The highest BCUT2D eigenvalue weighted by atomic mass is 16.5. The maximum Gasteiger partial charge on any atom is 0.305 e. The molecule has 4 heteroatoms. The molecule has 0 bridgehead atoms. The minimum atomic E-state index is -0.732. The summed E-state index contributed by atoms with van der Waals surface area (Å²) in [5.74, 6) is 0.625. The van der Waals surface area contributed by atoms with Gasteiger partial charge in [-0.3, -0.25) is 4.79 Å². The highest BCUT2D eigenvalue weighted by Gasteiger charge is 2.24. The molecule has 0 fully saturated rings. The Balaban J connectivity index is 3.30. The lowest BCUT2D eigenvalue weighted by Crippen LogP contribution is -2.32. The van der Waals surface area contributed by atoms with Gasteiger partial charge >= 0.3 is 5.97 Å². The highest BCUT2D eigenvalue weighted by molar-refractivity contribution is 5.69. The highest BCUT2D eigenvalue weighted by Crippen LogP contribution is 2.16. The van der Waals surface area contributed by atoms with Crippen molar-refractivity contribution < 1.29 is 19.7 Å². The first-order valence-corrected chi connectivity index (χ1v) is 11.3. The third kappa shape index (κ3) is 17.2. The minimum absolute atomic E-state index is 0.0799. The van der Waals surface area contributed by atoms with Crippen molar-refractivity contribution in [1.29, 1.82) is 0 Å². The van der Waals surface area contributed by atoms with E-state index in [9.17, 15) is 4.79 Å². The van der Waals surface area contributed by atoms with Crippen LogP contribution in [-0.2, 0) is 9.53 Å². The van der Waals surface area contributed by atoms with Crippen LogP contribution in [0.15, 0.2) is 0 Å². The van der Waals surface area contributed by atoms with E-state index < -0.39 is 5.41 Å². The number of hydrogen-bond acceptors (Lipinski definition) is 4. The van der Waals surface area contributed by atoms with E-state index in [1.807, 2.05) is 0 Å². The topological polar surface area (TPSA) is 66.8 Å². The zero-order chi connectivity index (χ0) is 20.4. The first-order valence-electron chi connectivity index (χ1n) is 11.3. The summed E-state index contributed by atoms with van der Waals surface area (Å²) < 4.78 is 5.15. The van der Waals surface area contributed by atoms with Crippen LogP contribution >= 0.6 is 0 Å². The standard InChI is InChI=1S/C23H46O4/c1-21(2)16-14-12-10-8-6-4-5-7-9-11-13-15-17-22(26)27-20-23(3,18-24)19-25/h21,24-25H,4-20H2,1-3H3. The summed E-state index contributed by atoms with van der Waals surface area (Å²) >= 11 is 0. The summed E-state index contributed by atoms with van der Waals surface area (Å²) in [6.45, 7) is 6.02. The molecule has 0 rings (SSSR count). The smallest absolute Gasteiger partial charge is 0.305 e. The molecule has 0 aliphatic carbocycles. The Morgan fingerprint density at radius 1 is 0.778 bits per heavy atom. The molecule has 0 unspecified atom stereocenters. The number of rotatable bonds is 19. The molecule has 0 aromatic rings. The van der Waals surface area contributed by atoms with Crippen LogP contribution in [0.2, 0.25) is 0 Å². The fourth-order valence-corrected chi connectivity index (χ4v) is 3.06. The maximum absolute atomic E-state index is 11.7. The van der Waals surface area contributed by atoms with E-state index in [0.717, 1.165) is 18.8 Å². The summed E-state index contributed by atoms with van der Waals surface area (Å²) in [5, 5.41) is 18.3. The van der Waals surface area contributed by atoms with Gasteiger partial charge in [0.1, 0.15) is 6.61 Å². The van der Waals surface area contributed by atoms with E-state index in [1.165, 1.54) is 70.6 Å². The Morgan fingerprint density at radius 2 is 1.19 bits per heavy atom. The predicted molar refractivity (Wildman–Crippen MR) is 113 cm³/mol. The van der Waals surface area contributed by atoms with Crippen LogP contribution in [0.1, 0.15) is 111 Å². The Bertz CT molecular complexity index is 337. The molecule has 0 aliphatic heterocycles. The molecule has 0 heterocycles. The van der Waals surface area contributed by atoms with Gasteiger partial charge in [-0.05, 0) is 12.3 Å². The normalized spacial score (nSPS) is 11.9. The quantitative estimate of drug-likeness (QED) is 0.223. The lowest BCUT2D eigenvalue weighted by Gasteiger charge is -2.23. The largest absolute Gasteiger partial charge is 0.465 e. The number of esters is 1. The second-order valence-electron chi connectivity index (χ2n) is 8.96. The monoisotopic (exact) mass is 386 g/mol. The van der Waals surface area contributed by atoms with Crippen LogP contribution in [0, 0.1) is 11.3 Å². The molecule has 27 heavy (non-hydrogen) atoms. The van der Waals surface area contributed by atoms with Crippen molar-refractivity contribution in [3.8, 4) is 0 Å². The average molecular weight is 387 g/mol. The summed E-state index contributed by atoms with van der Waals surface area (Å²) in [7, 11) is 0. The van der Waals surface area contributed by atoms with E-state index in [1.54, 1.807) is 6.92 Å². The van der Waals surface area contributed by atoms with Crippen molar-refractivity contribution in [1.82, 2.24) is 0 Å². The van der Waals surface area contributed by atoms with Crippen LogP contribution in [0.5, 0.6) is 0 Å².